The lowest BCUT2D eigenvalue weighted by Crippen LogP contribution is -2.26. The first-order chi connectivity index (χ1) is 14.2. The van der Waals surface area contributed by atoms with Gasteiger partial charge in [0.25, 0.3) is 5.91 Å². The standard InChI is InChI=1S/C24H21BrN2O2/c1-2-15-29-22-14-13-21(25)16-20(22)17-26-27-24(28)23(18-9-5-3-6-10-18)19-11-7-4-8-12-19/h2-14,16-17,23H,1,15H2,(H,27,28)/b26-17-. The number of nitrogens with zero attached hydrogens (tertiary/aromatic N) is 1. The van der Waals surface area contributed by atoms with Gasteiger partial charge in [-0.1, -0.05) is 89.2 Å². The normalized spacial score (nSPS) is 10.8. The van der Waals surface area contributed by atoms with Gasteiger partial charge in [0.1, 0.15) is 12.4 Å². The van der Waals surface area contributed by atoms with Crippen LogP contribution in [0.5, 0.6) is 5.75 Å². The topological polar surface area (TPSA) is 50.7 Å². The van der Waals surface area contributed by atoms with Crippen LogP contribution in [-0.4, -0.2) is 18.7 Å². The molecule has 0 bridgehead atoms. The molecule has 0 heterocycles. The zero-order valence-electron chi connectivity index (χ0n) is 15.8. The Bertz CT molecular complexity index is 949. The van der Waals surface area contributed by atoms with Crippen molar-refractivity contribution in [2.75, 3.05) is 6.61 Å². The Kier molecular flexibility index (Phi) is 7.36. The van der Waals surface area contributed by atoms with Crippen LogP contribution < -0.4 is 10.2 Å². The van der Waals surface area contributed by atoms with Crippen LogP contribution >= 0.6 is 15.9 Å². The maximum Gasteiger partial charge on any atom is 0.252 e. The Hall–Kier alpha value is -3.18. The third-order valence-corrected chi connectivity index (χ3v) is 4.73. The molecule has 146 valence electrons. The molecule has 3 rings (SSSR count). The van der Waals surface area contributed by atoms with Gasteiger partial charge in [0, 0.05) is 10.0 Å². The molecule has 0 saturated heterocycles. The van der Waals surface area contributed by atoms with E-state index in [2.05, 4.69) is 33.0 Å². The molecule has 1 N–H and O–H groups in total. The van der Waals surface area contributed by atoms with Crippen molar-refractivity contribution in [1.82, 2.24) is 5.43 Å². The Labute approximate surface area is 179 Å². The zero-order valence-corrected chi connectivity index (χ0v) is 17.4. The van der Waals surface area contributed by atoms with E-state index in [4.69, 9.17) is 4.74 Å². The van der Waals surface area contributed by atoms with Gasteiger partial charge in [0.05, 0.1) is 12.1 Å². The minimum absolute atomic E-state index is 0.206. The summed E-state index contributed by atoms with van der Waals surface area (Å²) in [7, 11) is 0. The van der Waals surface area contributed by atoms with Gasteiger partial charge in [0.15, 0.2) is 0 Å². The lowest BCUT2D eigenvalue weighted by atomic mass is 9.91. The van der Waals surface area contributed by atoms with Crippen molar-refractivity contribution in [3.8, 4) is 5.75 Å². The second kappa shape index (κ2) is 10.4. The van der Waals surface area contributed by atoms with Gasteiger partial charge in [-0.05, 0) is 29.3 Å². The monoisotopic (exact) mass is 448 g/mol. The van der Waals surface area contributed by atoms with Crippen molar-refractivity contribution in [1.29, 1.82) is 0 Å². The first-order valence-corrected chi connectivity index (χ1v) is 9.94. The summed E-state index contributed by atoms with van der Waals surface area (Å²) in [5.41, 5.74) is 5.23. The number of halogens is 1. The Morgan fingerprint density at radius 3 is 2.24 bits per heavy atom. The summed E-state index contributed by atoms with van der Waals surface area (Å²) in [6, 6.07) is 24.9. The smallest absolute Gasteiger partial charge is 0.252 e. The Balaban J connectivity index is 1.81. The molecule has 29 heavy (non-hydrogen) atoms. The van der Waals surface area contributed by atoms with E-state index in [-0.39, 0.29) is 5.91 Å². The average molecular weight is 449 g/mol. The molecule has 4 nitrogen and oxygen atoms in total. The van der Waals surface area contributed by atoms with Crippen LogP contribution in [0.1, 0.15) is 22.6 Å². The molecule has 1 amide bonds. The summed E-state index contributed by atoms with van der Waals surface area (Å²) in [5, 5.41) is 4.17. The number of nitrogens with one attached hydrogen (secondary N) is 1. The van der Waals surface area contributed by atoms with Gasteiger partial charge < -0.3 is 4.74 Å². The van der Waals surface area contributed by atoms with Gasteiger partial charge >= 0.3 is 0 Å². The summed E-state index contributed by atoms with van der Waals surface area (Å²) in [6.45, 7) is 4.05. The lowest BCUT2D eigenvalue weighted by molar-refractivity contribution is -0.121. The minimum Gasteiger partial charge on any atom is -0.489 e. The molecule has 0 spiro atoms. The maximum atomic E-state index is 13.0. The molecular weight excluding hydrogens is 428 g/mol. The summed E-state index contributed by atoms with van der Waals surface area (Å²) < 4.78 is 6.53. The van der Waals surface area contributed by atoms with Gasteiger partial charge in [-0.15, -0.1) is 0 Å². The molecule has 0 aliphatic rings. The molecule has 5 heteroatoms. The van der Waals surface area contributed by atoms with Crippen LogP contribution in [0.4, 0.5) is 0 Å². The van der Waals surface area contributed by atoms with Crippen LogP contribution in [0.3, 0.4) is 0 Å². The van der Waals surface area contributed by atoms with E-state index in [0.29, 0.717) is 12.4 Å². The van der Waals surface area contributed by atoms with Gasteiger partial charge in [-0.2, -0.15) is 5.10 Å². The number of hydrazone groups is 1. The third-order valence-electron chi connectivity index (χ3n) is 4.23. The predicted octanol–water partition coefficient (Wildman–Crippen LogP) is 5.30. The van der Waals surface area contributed by atoms with E-state index < -0.39 is 5.92 Å². The number of carbonyl (C=O) groups excluding carboxylic acids is 1. The fourth-order valence-electron chi connectivity index (χ4n) is 2.92. The number of amides is 1. The predicted molar refractivity (Wildman–Crippen MR) is 120 cm³/mol. The highest BCUT2D eigenvalue weighted by Gasteiger charge is 2.22. The molecule has 0 aromatic heterocycles. The van der Waals surface area contributed by atoms with E-state index in [1.54, 1.807) is 12.3 Å². The summed E-state index contributed by atoms with van der Waals surface area (Å²) in [5.74, 6) is 0.00419. The summed E-state index contributed by atoms with van der Waals surface area (Å²) in [4.78, 5) is 13.0. The SMILES string of the molecule is C=CCOc1ccc(Br)cc1/C=N\NC(=O)C(c1ccccc1)c1ccccc1. The number of ether oxygens (including phenoxy) is 1. The summed E-state index contributed by atoms with van der Waals surface area (Å²) in [6.07, 6.45) is 3.25. The van der Waals surface area contributed by atoms with Gasteiger partial charge in [-0.25, -0.2) is 5.43 Å². The quantitative estimate of drug-likeness (QED) is 0.289. The van der Waals surface area contributed by atoms with Crippen molar-refractivity contribution in [2.24, 2.45) is 5.10 Å². The second-order valence-electron chi connectivity index (χ2n) is 6.27. The molecule has 0 radical (unpaired) electrons. The zero-order chi connectivity index (χ0) is 20.5. The largest absolute Gasteiger partial charge is 0.489 e. The third kappa shape index (κ3) is 5.65. The Morgan fingerprint density at radius 2 is 1.66 bits per heavy atom. The van der Waals surface area contributed by atoms with E-state index >= 15 is 0 Å². The minimum atomic E-state index is -0.450. The average Bonchev–Trinajstić information content (AvgIpc) is 2.75. The molecular formula is C24H21BrN2O2. The van der Waals surface area contributed by atoms with Crippen molar-refractivity contribution in [3.05, 3.63) is 113 Å². The Morgan fingerprint density at radius 1 is 1.03 bits per heavy atom. The molecule has 0 unspecified atom stereocenters. The van der Waals surface area contributed by atoms with Crippen LogP contribution in [0.25, 0.3) is 0 Å². The molecule has 0 aliphatic carbocycles. The van der Waals surface area contributed by atoms with E-state index in [1.165, 1.54) is 0 Å². The number of hydrogen-bond donors (Lipinski definition) is 1. The van der Waals surface area contributed by atoms with Crippen molar-refractivity contribution in [2.45, 2.75) is 5.92 Å². The fourth-order valence-corrected chi connectivity index (χ4v) is 3.30. The second-order valence-corrected chi connectivity index (χ2v) is 7.19. The number of carbonyl (C=O) groups is 1. The first kappa shape index (κ1) is 20.6. The fraction of sp³-hybridized carbons (Fsp3) is 0.0833. The van der Waals surface area contributed by atoms with Gasteiger partial charge in [0.2, 0.25) is 0 Å². The van der Waals surface area contributed by atoms with Crippen LogP contribution in [-0.2, 0) is 4.79 Å². The van der Waals surface area contributed by atoms with Crippen LogP contribution in [0.15, 0.2) is 101 Å². The molecule has 0 atom stereocenters. The number of rotatable bonds is 8. The van der Waals surface area contributed by atoms with E-state index in [0.717, 1.165) is 21.2 Å². The highest BCUT2D eigenvalue weighted by molar-refractivity contribution is 9.10. The highest BCUT2D eigenvalue weighted by Crippen LogP contribution is 2.25. The lowest BCUT2D eigenvalue weighted by Gasteiger charge is -2.16. The van der Waals surface area contributed by atoms with Crippen LogP contribution in [0.2, 0.25) is 0 Å². The molecule has 3 aromatic rings. The molecule has 0 fully saturated rings. The van der Waals surface area contributed by atoms with E-state index in [9.17, 15) is 4.79 Å². The molecule has 0 saturated carbocycles. The first-order valence-electron chi connectivity index (χ1n) is 9.15. The van der Waals surface area contributed by atoms with E-state index in [1.807, 2.05) is 78.9 Å². The molecule has 3 aromatic carbocycles. The summed E-state index contributed by atoms with van der Waals surface area (Å²) >= 11 is 3.45. The van der Waals surface area contributed by atoms with Crippen molar-refractivity contribution < 1.29 is 9.53 Å². The van der Waals surface area contributed by atoms with Crippen molar-refractivity contribution >= 4 is 28.1 Å². The number of benzene rings is 3. The van der Waals surface area contributed by atoms with Crippen LogP contribution in [0, 0.1) is 0 Å². The highest BCUT2D eigenvalue weighted by atomic mass is 79.9. The van der Waals surface area contributed by atoms with Gasteiger partial charge in [-0.3, -0.25) is 4.79 Å². The maximum absolute atomic E-state index is 13.0. The molecule has 0 aliphatic heterocycles. The number of hydrogen-bond acceptors (Lipinski definition) is 3. The van der Waals surface area contributed by atoms with Crippen molar-refractivity contribution in [3.63, 3.8) is 0 Å².